The Morgan fingerprint density at radius 2 is 1.86 bits per heavy atom. The van der Waals surface area contributed by atoms with Crippen molar-refractivity contribution >= 4 is 11.5 Å². The maximum atomic E-state index is 13.9. The van der Waals surface area contributed by atoms with Gasteiger partial charge in [0.05, 0.1) is 12.8 Å². The van der Waals surface area contributed by atoms with Crippen molar-refractivity contribution < 1.29 is 18.7 Å². The second-order valence-electron chi connectivity index (χ2n) is 7.30. The number of pyridine rings is 1. The molecule has 0 unspecified atom stereocenters. The maximum absolute atomic E-state index is 13.9. The molecule has 1 aromatic heterocycles. The highest BCUT2D eigenvalue weighted by atomic mass is 19.1. The molecule has 0 spiro atoms. The Balaban J connectivity index is 0.00000210. The number of nitrogens with one attached hydrogen (secondary N) is 1. The number of hydrogen-bond donors (Lipinski definition) is 1. The van der Waals surface area contributed by atoms with E-state index >= 15 is 0 Å². The van der Waals surface area contributed by atoms with E-state index in [0.717, 1.165) is 11.3 Å². The number of allylic oxidation sites excluding steroid dienone is 4. The molecule has 184 valence electrons. The summed E-state index contributed by atoms with van der Waals surface area (Å²) in [6.45, 7) is 9.93. The number of nitrogens with zero attached hydrogens (tertiary/aromatic N) is 1. The first-order valence-corrected chi connectivity index (χ1v) is 11.6. The average molecular weight is 477 g/mol. The lowest BCUT2D eigenvalue weighted by atomic mass is 10.1. The molecule has 0 atom stereocenters. The topological polar surface area (TPSA) is 60.5 Å². The fourth-order valence-corrected chi connectivity index (χ4v) is 3.34. The van der Waals surface area contributed by atoms with Crippen LogP contribution in [0.3, 0.4) is 0 Å². The lowest BCUT2D eigenvalue weighted by molar-refractivity contribution is 0.0950. The van der Waals surface area contributed by atoms with Crippen molar-refractivity contribution in [2.24, 2.45) is 0 Å². The molecule has 1 heterocycles. The Morgan fingerprint density at radius 3 is 2.51 bits per heavy atom. The minimum Gasteiger partial charge on any atom is -0.494 e. The van der Waals surface area contributed by atoms with E-state index in [4.69, 9.17) is 9.47 Å². The van der Waals surface area contributed by atoms with E-state index in [0.29, 0.717) is 28.2 Å². The van der Waals surface area contributed by atoms with Crippen molar-refractivity contribution in [2.45, 2.75) is 41.2 Å². The quantitative estimate of drug-likeness (QED) is 0.348. The molecule has 0 aliphatic carbocycles. The predicted molar refractivity (Wildman–Crippen MR) is 139 cm³/mol. The summed E-state index contributed by atoms with van der Waals surface area (Å²) in [4.78, 5) is 17.2. The summed E-state index contributed by atoms with van der Waals surface area (Å²) in [6, 6.07) is 13.5. The molecule has 0 fully saturated rings. The number of hydrogen-bond acceptors (Lipinski definition) is 4. The molecule has 1 amide bonds. The highest BCUT2D eigenvalue weighted by Gasteiger charge is 2.14. The fraction of sp³-hybridized carbons (Fsp3) is 0.241. The van der Waals surface area contributed by atoms with Crippen LogP contribution < -0.4 is 14.8 Å². The highest BCUT2D eigenvalue weighted by molar-refractivity contribution is 5.96. The number of amides is 1. The molecule has 35 heavy (non-hydrogen) atoms. The van der Waals surface area contributed by atoms with Crippen molar-refractivity contribution in [3.05, 3.63) is 101 Å². The van der Waals surface area contributed by atoms with Gasteiger partial charge in [0.2, 0.25) is 0 Å². The molecule has 0 saturated heterocycles. The monoisotopic (exact) mass is 476 g/mol. The third kappa shape index (κ3) is 7.27. The second kappa shape index (κ2) is 13.7. The first kappa shape index (κ1) is 27.3. The zero-order valence-electron chi connectivity index (χ0n) is 21.2. The van der Waals surface area contributed by atoms with Crippen molar-refractivity contribution in [1.29, 1.82) is 0 Å². The molecule has 6 heteroatoms. The van der Waals surface area contributed by atoms with Crippen LogP contribution in [0, 0.1) is 12.7 Å². The van der Waals surface area contributed by atoms with Gasteiger partial charge in [0.15, 0.2) is 11.6 Å². The standard InChI is InChI=1S/C27H27FN2O3.C2H6/c1-5-8-20(6-2)24-16-21(13-14-29-24)33-25-10-7-9-22(18(25)3)27(31)30-17-19-11-12-26(32-4)23(28)15-19;1-2/h5-16H,17H2,1-4H3,(H,30,31);1-2H3/b8-5-,20-6+;. The molecule has 0 radical (unpaired) electrons. The number of carbonyl (C=O) groups excluding carboxylic acids is 1. The molecule has 2 aromatic carbocycles. The third-order valence-corrected chi connectivity index (χ3v) is 5.11. The average Bonchev–Trinajstić information content (AvgIpc) is 2.88. The number of benzene rings is 2. The summed E-state index contributed by atoms with van der Waals surface area (Å²) < 4.78 is 24.9. The second-order valence-corrected chi connectivity index (χ2v) is 7.30. The van der Waals surface area contributed by atoms with Crippen LogP contribution in [0.25, 0.3) is 5.57 Å². The SMILES string of the molecule is C/C=C\C(=C/C)c1cc(Oc2cccc(C(=O)NCc3ccc(OC)c(F)c3)c2C)ccn1.CC. The van der Waals surface area contributed by atoms with Gasteiger partial charge in [-0.05, 0) is 62.2 Å². The fourth-order valence-electron chi connectivity index (χ4n) is 3.34. The van der Waals surface area contributed by atoms with Crippen molar-refractivity contribution in [3.63, 3.8) is 0 Å². The van der Waals surface area contributed by atoms with Gasteiger partial charge in [-0.1, -0.05) is 44.2 Å². The highest BCUT2D eigenvalue weighted by Crippen LogP contribution is 2.29. The molecule has 0 aliphatic heterocycles. The number of halogens is 1. The summed E-state index contributed by atoms with van der Waals surface area (Å²) in [5.74, 6) is 0.621. The number of rotatable bonds is 8. The lowest BCUT2D eigenvalue weighted by Crippen LogP contribution is -2.23. The van der Waals surface area contributed by atoms with Crippen LogP contribution in [-0.4, -0.2) is 18.0 Å². The van der Waals surface area contributed by atoms with E-state index in [-0.39, 0.29) is 18.2 Å². The molecular weight excluding hydrogens is 443 g/mol. The Labute approximate surface area is 207 Å². The zero-order valence-corrected chi connectivity index (χ0v) is 21.2. The summed E-state index contributed by atoms with van der Waals surface area (Å²) in [5, 5.41) is 2.83. The van der Waals surface area contributed by atoms with E-state index in [1.54, 1.807) is 30.5 Å². The molecule has 5 nitrogen and oxygen atoms in total. The smallest absolute Gasteiger partial charge is 0.251 e. The van der Waals surface area contributed by atoms with E-state index in [9.17, 15) is 9.18 Å². The molecule has 0 saturated carbocycles. The van der Waals surface area contributed by atoms with Crippen molar-refractivity contribution in [1.82, 2.24) is 10.3 Å². The Hall–Kier alpha value is -3.93. The minimum absolute atomic E-state index is 0.164. The van der Waals surface area contributed by atoms with Gasteiger partial charge in [-0.3, -0.25) is 9.78 Å². The Morgan fingerprint density at radius 1 is 1.09 bits per heavy atom. The van der Waals surface area contributed by atoms with Crippen LogP contribution in [0.2, 0.25) is 0 Å². The molecule has 1 N–H and O–H groups in total. The van der Waals surface area contributed by atoms with E-state index < -0.39 is 5.82 Å². The molecular formula is C29H33FN2O3. The van der Waals surface area contributed by atoms with Crippen LogP contribution in [-0.2, 0) is 6.54 Å². The first-order valence-electron chi connectivity index (χ1n) is 11.6. The zero-order chi connectivity index (χ0) is 25.8. The normalized spacial score (nSPS) is 11.0. The molecule has 0 bridgehead atoms. The van der Waals surface area contributed by atoms with Crippen molar-refractivity contribution in [2.75, 3.05) is 7.11 Å². The van der Waals surface area contributed by atoms with Crippen LogP contribution in [0.15, 0.2) is 73.0 Å². The van der Waals surface area contributed by atoms with Gasteiger partial charge >= 0.3 is 0 Å². The summed E-state index contributed by atoms with van der Waals surface area (Å²) in [6.07, 6.45) is 7.61. The lowest BCUT2D eigenvalue weighted by Gasteiger charge is -2.13. The largest absolute Gasteiger partial charge is 0.494 e. The van der Waals surface area contributed by atoms with Gasteiger partial charge in [-0.15, -0.1) is 0 Å². The number of carbonyl (C=O) groups is 1. The third-order valence-electron chi connectivity index (χ3n) is 5.11. The van der Waals surface area contributed by atoms with E-state index in [2.05, 4.69) is 10.3 Å². The van der Waals surface area contributed by atoms with Gasteiger partial charge < -0.3 is 14.8 Å². The number of ether oxygens (including phenoxy) is 2. The van der Waals surface area contributed by atoms with Crippen LogP contribution in [0.5, 0.6) is 17.2 Å². The minimum atomic E-state index is -0.469. The van der Waals surface area contributed by atoms with Crippen LogP contribution in [0.4, 0.5) is 4.39 Å². The van der Waals surface area contributed by atoms with Gasteiger partial charge in [-0.25, -0.2) is 4.39 Å². The Kier molecular flexibility index (Phi) is 10.7. The number of aromatic nitrogens is 1. The van der Waals surface area contributed by atoms with Crippen LogP contribution in [0.1, 0.15) is 54.9 Å². The van der Waals surface area contributed by atoms with Gasteiger partial charge in [0.25, 0.3) is 5.91 Å². The Bertz CT molecular complexity index is 1200. The predicted octanol–water partition coefficient (Wildman–Crippen LogP) is 7.27. The summed E-state index contributed by atoms with van der Waals surface area (Å²) in [7, 11) is 1.41. The first-order chi connectivity index (χ1) is 17.0. The van der Waals surface area contributed by atoms with Crippen molar-refractivity contribution in [3.8, 4) is 17.2 Å². The molecule has 3 rings (SSSR count). The van der Waals surface area contributed by atoms with E-state index in [1.165, 1.54) is 19.2 Å². The summed E-state index contributed by atoms with van der Waals surface area (Å²) >= 11 is 0. The van der Waals surface area contributed by atoms with Crippen LogP contribution >= 0.6 is 0 Å². The molecule has 0 aliphatic rings. The molecule has 3 aromatic rings. The number of methoxy groups -OCH3 is 1. The van der Waals surface area contributed by atoms with Gasteiger partial charge in [0.1, 0.15) is 11.5 Å². The summed E-state index contributed by atoms with van der Waals surface area (Å²) in [5.41, 5.74) is 3.61. The van der Waals surface area contributed by atoms with Gasteiger partial charge in [-0.2, -0.15) is 0 Å². The maximum Gasteiger partial charge on any atom is 0.251 e. The van der Waals surface area contributed by atoms with Gasteiger partial charge in [0, 0.05) is 29.9 Å². The van der Waals surface area contributed by atoms with E-state index in [1.807, 2.05) is 65.0 Å².